The zero-order valence-electron chi connectivity index (χ0n) is 10.9. The van der Waals surface area contributed by atoms with E-state index in [0.29, 0.717) is 0 Å². The number of nitrogens with zero attached hydrogens (tertiary/aromatic N) is 1. The summed E-state index contributed by atoms with van der Waals surface area (Å²) in [4.78, 5) is 2.78. The van der Waals surface area contributed by atoms with Crippen molar-refractivity contribution < 1.29 is 0 Å². The van der Waals surface area contributed by atoms with E-state index in [1.807, 2.05) is 0 Å². The second kappa shape index (κ2) is 5.74. The fourth-order valence-corrected chi connectivity index (χ4v) is 3.95. The van der Waals surface area contributed by atoms with Gasteiger partial charge >= 0.3 is 0 Å². The van der Waals surface area contributed by atoms with Gasteiger partial charge in [0.15, 0.2) is 0 Å². The fourth-order valence-electron chi connectivity index (χ4n) is 3.17. The molecule has 1 aliphatic carbocycles. The van der Waals surface area contributed by atoms with Gasteiger partial charge < -0.3 is 5.32 Å². The third-order valence-corrected chi connectivity index (χ3v) is 5.45. The minimum Gasteiger partial charge on any atom is -0.311 e. The van der Waals surface area contributed by atoms with Gasteiger partial charge in [-0.15, -0.1) is 0 Å². The van der Waals surface area contributed by atoms with Crippen molar-refractivity contribution in [3.8, 4) is 0 Å². The molecule has 2 rings (SSSR count). The molecule has 1 aliphatic heterocycles. The lowest BCUT2D eigenvalue weighted by Gasteiger charge is -2.42. The van der Waals surface area contributed by atoms with Gasteiger partial charge in [-0.3, -0.25) is 4.90 Å². The van der Waals surface area contributed by atoms with Gasteiger partial charge in [-0.25, -0.2) is 0 Å². The Morgan fingerprint density at radius 2 is 2.19 bits per heavy atom. The van der Waals surface area contributed by atoms with Crippen molar-refractivity contribution in [3.63, 3.8) is 0 Å². The first-order valence-corrected chi connectivity index (χ1v) is 8.05. The van der Waals surface area contributed by atoms with Crippen LogP contribution in [0, 0.1) is 0 Å². The van der Waals surface area contributed by atoms with Crippen molar-refractivity contribution >= 4 is 11.8 Å². The number of piperazine rings is 1. The minimum atomic E-state index is 0.726. The van der Waals surface area contributed by atoms with Gasteiger partial charge in [0.1, 0.15) is 0 Å². The van der Waals surface area contributed by atoms with Gasteiger partial charge in [-0.1, -0.05) is 6.92 Å². The van der Waals surface area contributed by atoms with Crippen molar-refractivity contribution in [2.45, 2.75) is 62.9 Å². The van der Waals surface area contributed by atoms with E-state index in [0.717, 1.165) is 23.4 Å². The maximum atomic E-state index is 3.65. The zero-order chi connectivity index (χ0) is 11.5. The van der Waals surface area contributed by atoms with Gasteiger partial charge in [0, 0.05) is 36.5 Å². The van der Waals surface area contributed by atoms with E-state index in [1.165, 1.54) is 38.8 Å². The third kappa shape index (κ3) is 2.74. The molecule has 4 unspecified atom stereocenters. The summed E-state index contributed by atoms with van der Waals surface area (Å²) in [6, 6.07) is 2.32. The molecule has 0 amide bonds. The zero-order valence-corrected chi connectivity index (χ0v) is 11.7. The number of thioether (sulfide) groups is 1. The molecule has 0 radical (unpaired) electrons. The summed E-state index contributed by atoms with van der Waals surface area (Å²) in [6.07, 6.45) is 7.80. The van der Waals surface area contributed by atoms with Crippen LogP contribution in [0.3, 0.4) is 0 Å². The number of nitrogens with one attached hydrogen (secondary N) is 1. The Morgan fingerprint density at radius 3 is 2.81 bits per heavy atom. The van der Waals surface area contributed by atoms with Crippen LogP contribution in [0.4, 0.5) is 0 Å². The summed E-state index contributed by atoms with van der Waals surface area (Å²) in [7, 11) is 0. The Bertz CT molecular complexity index is 222. The van der Waals surface area contributed by atoms with Gasteiger partial charge in [-0.05, 0) is 38.9 Å². The van der Waals surface area contributed by atoms with E-state index in [9.17, 15) is 0 Å². The van der Waals surface area contributed by atoms with Gasteiger partial charge in [0.25, 0.3) is 0 Å². The van der Waals surface area contributed by atoms with Crippen LogP contribution in [0.5, 0.6) is 0 Å². The van der Waals surface area contributed by atoms with E-state index < -0.39 is 0 Å². The molecular formula is C13H26N2S. The first-order chi connectivity index (χ1) is 7.74. The van der Waals surface area contributed by atoms with Crippen LogP contribution in [-0.4, -0.2) is 47.6 Å². The molecule has 0 aromatic heterocycles. The first-order valence-electron chi connectivity index (χ1n) is 6.76. The molecule has 1 saturated heterocycles. The predicted molar refractivity (Wildman–Crippen MR) is 73.2 cm³/mol. The SMILES string of the molecule is CCC1CN(C2CCC(SC)C2)C(C)CN1. The molecule has 2 nitrogen and oxygen atoms in total. The van der Waals surface area contributed by atoms with E-state index in [4.69, 9.17) is 0 Å². The molecule has 94 valence electrons. The predicted octanol–water partition coefficient (Wildman–Crippen LogP) is 2.34. The van der Waals surface area contributed by atoms with Crippen LogP contribution in [0.15, 0.2) is 0 Å². The molecule has 1 N–H and O–H groups in total. The highest BCUT2D eigenvalue weighted by molar-refractivity contribution is 7.99. The van der Waals surface area contributed by atoms with E-state index in [1.54, 1.807) is 0 Å². The second-order valence-corrected chi connectivity index (χ2v) is 6.52. The smallest absolute Gasteiger partial charge is 0.0196 e. The topological polar surface area (TPSA) is 15.3 Å². The molecule has 0 spiro atoms. The monoisotopic (exact) mass is 242 g/mol. The Labute approximate surface area is 105 Å². The Morgan fingerprint density at radius 1 is 1.38 bits per heavy atom. The van der Waals surface area contributed by atoms with Crippen molar-refractivity contribution in [1.29, 1.82) is 0 Å². The van der Waals surface area contributed by atoms with Crippen molar-refractivity contribution in [2.75, 3.05) is 19.3 Å². The minimum absolute atomic E-state index is 0.726. The standard InChI is InChI=1S/C13H26N2S/c1-4-11-9-15(10(2)8-14-11)12-5-6-13(7-12)16-3/h10-14H,4-9H2,1-3H3. The van der Waals surface area contributed by atoms with Gasteiger partial charge in [-0.2, -0.15) is 11.8 Å². The summed E-state index contributed by atoms with van der Waals surface area (Å²) < 4.78 is 0. The molecule has 0 bridgehead atoms. The summed E-state index contributed by atoms with van der Waals surface area (Å²) in [5.74, 6) is 0. The Hall–Kier alpha value is 0.270. The first kappa shape index (κ1) is 12.7. The lowest BCUT2D eigenvalue weighted by atomic mass is 10.0. The maximum absolute atomic E-state index is 3.65. The van der Waals surface area contributed by atoms with Crippen LogP contribution >= 0.6 is 11.8 Å². The summed E-state index contributed by atoms with van der Waals surface area (Å²) >= 11 is 2.07. The molecule has 0 aromatic carbocycles. The maximum Gasteiger partial charge on any atom is 0.0196 e. The quantitative estimate of drug-likeness (QED) is 0.818. The molecule has 3 heteroatoms. The Kier molecular flexibility index (Phi) is 4.57. The van der Waals surface area contributed by atoms with Crippen molar-refractivity contribution in [2.24, 2.45) is 0 Å². The lowest BCUT2D eigenvalue weighted by Crippen LogP contribution is -2.57. The highest BCUT2D eigenvalue weighted by Gasteiger charge is 2.34. The molecule has 16 heavy (non-hydrogen) atoms. The van der Waals surface area contributed by atoms with Crippen molar-refractivity contribution in [3.05, 3.63) is 0 Å². The van der Waals surface area contributed by atoms with Crippen LogP contribution in [0.1, 0.15) is 39.5 Å². The molecule has 1 saturated carbocycles. The third-order valence-electron chi connectivity index (χ3n) is 4.35. The van der Waals surface area contributed by atoms with Gasteiger partial charge in [0.05, 0.1) is 0 Å². The van der Waals surface area contributed by atoms with Crippen LogP contribution in [-0.2, 0) is 0 Å². The van der Waals surface area contributed by atoms with E-state index in [-0.39, 0.29) is 0 Å². The average Bonchev–Trinajstić information content (AvgIpc) is 2.78. The molecule has 1 heterocycles. The van der Waals surface area contributed by atoms with E-state index in [2.05, 4.69) is 42.1 Å². The highest BCUT2D eigenvalue weighted by Crippen LogP contribution is 2.33. The molecule has 2 fully saturated rings. The van der Waals surface area contributed by atoms with Gasteiger partial charge in [0.2, 0.25) is 0 Å². The lowest BCUT2D eigenvalue weighted by molar-refractivity contribution is 0.0922. The largest absolute Gasteiger partial charge is 0.311 e. The molecule has 0 aromatic rings. The second-order valence-electron chi connectivity index (χ2n) is 5.38. The molecule has 4 atom stereocenters. The van der Waals surface area contributed by atoms with Crippen LogP contribution < -0.4 is 5.32 Å². The number of hydrogen-bond acceptors (Lipinski definition) is 3. The molecule has 2 aliphatic rings. The highest BCUT2D eigenvalue weighted by atomic mass is 32.2. The van der Waals surface area contributed by atoms with Crippen LogP contribution in [0.25, 0.3) is 0 Å². The number of hydrogen-bond donors (Lipinski definition) is 1. The summed E-state index contributed by atoms with van der Waals surface area (Å²) in [6.45, 7) is 7.12. The Balaban J connectivity index is 1.91. The summed E-state index contributed by atoms with van der Waals surface area (Å²) in [5.41, 5.74) is 0. The number of rotatable bonds is 3. The normalized spacial score (nSPS) is 41.4. The van der Waals surface area contributed by atoms with E-state index >= 15 is 0 Å². The van der Waals surface area contributed by atoms with Crippen LogP contribution in [0.2, 0.25) is 0 Å². The average molecular weight is 242 g/mol. The molecular weight excluding hydrogens is 216 g/mol. The van der Waals surface area contributed by atoms with Crippen molar-refractivity contribution in [1.82, 2.24) is 10.2 Å². The summed E-state index contributed by atoms with van der Waals surface area (Å²) in [5, 5.41) is 4.57. The fraction of sp³-hybridized carbons (Fsp3) is 1.00.